The smallest absolute Gasteiger partial charge is 0.191 e. The van der Waals surface area contributed by atoms with Gasteiger partial charge in [0.05, 0.1) is 12.6 Å². The van der Waals surface area contributed by atoms with E-state index in [1.54, 1.807) is 13.4 Å². The average Bonchev–Trinajstić information content (AvgIpc) is 3.20. The maximum absolute atomic E-state index is 5.96. The molecule has 1 heterocycles. The molecule has 8 heteroatoms. The summed E-state index contributed by atoms with van der Waals surface area (Å²) in [6, 6.07) is 10.1. The van der Waals surface area contributed by atoms with E-state index in [-0.39, 0.29) is 24.0 Å². The number of hydrogen-bond donors (Lipinski definition) is 2. The van der Waals surface area contributed by atoms with E-state index in [1.165, 1.54) is 32.1 Å². The van der Waals surface area contributed by atoms with Crippen molar-refractivity contribution < 1.29 is 4.74 Å². The predicted molar refractivity (Wildman–Crippen MR) is 122 cm³/mol. The van der Waals surface area contributed by atoms with Gasteiger partial charge >= 0.3 is 0 Å². The van der Waals surface area contributed by atoms with E-state index in [9.17, 15) is 0 Å². The van der Waals surface area contributed by atoms with Gasteiger partial charge in [0.1, 0.15) is 6.33 Å². The lowest BCUT2D eigenvalue weighted by atomic mass is 9.98. The highest BCUT2D eigenvalue weighted by Gasteiger charge is 2.13. The molecule has 0 atom stereocenters. The molecule has 0 saturated heterocycles. The van der Waals surface area contributed by atoms with Gasteiger partial charge in [0.25, 0.3) is 0 Å². The van der Waals surface area contributed by atoms with E-state index in [0.717, 1.165) is 37.0 Å². The van der Waals surface area contributed by atoms with E-state index in [4.69, 9.17) is 4.74 Å². The second-order valence-electron chi connectivity index (χ2n) is 6.79. The van der Waals surface area contributed by atoms with Crippen LogP contribution in [0, 0.1) is 0 Å². The van der Waals surface area contributed by atoms with E-state index >= 15 is 0 Å². The van der Waals surface area contributed by atoms with Crippen molar-refractivity contribution in [3.63, 3.8) is 0 Å². The van der Waals surface area contributed by atoms with Gasteiger partial charge in [-0.1, -0.05) is 37.5 Å². The molecule has 2 N–H and O–H groups in total. The molecule has 7 nitrogen and oxygen atoms in total. The Morgan fingerprint density at radius 1 is 1.18 bits per heavy atom. The summed E-state index contributed by atoms with van der Waals surface area (Å²) in [5, 5.41) is 14.9. The van der Waals surface area contributed by atoms with Crippen LogP contribution in [0.1, 0.15) is 44.3 Å². The minimum atomic E-state index is 0. The van der Waals surface area contributed by atoms with Gasteiger partial charge in [-0.05, 0) is 31.4 Å². The number of halogens is 1. The van der Waals surface area contributed by atoms with Gasteiger partial charge in [0.2, 0.25) is 0 Å². The second-order valence-corrected chi connectivity index (χ2v) is 6.79. The van der Waals surface area contributed by atoms with E-state index < -0.39 is 0 Å². The number of nitrogens with one attached hydrogen (secondary N) is 2. The van der Waals surface area contributed by atoms with Gasteiger partial charge < -0.3 is 15.4 Å². The lowest BCUT2D eigenvalue weighted by Crippen LogP contribution is -2.38. The molecule has 1 aliphatic rings. The van der Waals surface area contributed by atoms with Crippen LogP contribution in [-0.2, 0) is 11.3 Å². The number of guanidine groups is 1. The molecule has 0 spiro atoms. The number of benzene rings is 1. The average molecular weight is 498 g/mol. The first-order valence-corrected chi connectivity index (χ1v) is 9.87. The van der Waals surface area contributed by atoms with Crippen LogP contribution in [0.2, 0.25) is 0 Å². The Bertz CT molecular complexity index is 700. The van der Waals surface area contributed by atoms with Crippen LogP contribution in [0.25, 0.3) is 5.69 Å². The predicted octanol–water partition coefficient (Wildman–Crippen LogP) is 3.29. The normalized spacial score (nSPS) is 15.1. The third-order valence-corrected chi connectivity index (χ3v) is 4.81. The Morgan fingerprint density at radius 3 is 2.71 bits per heavy atom. The third-order valence-electron chi connectivity index (χ3n) is 4.81. The van der Waals surface area contributed by atoms with Crippen LogP contribution >= 0.6 is 24.0 Å². The standard InChI is InChI=1S/C20H30N6O.HI/c1-21-20(22-13-8-14-27-18-11-6-3-7-12-18)23-15-19-25-24-16-26(19)17-9-4-2-5-10-17;/h2,4-5,9-10,16,18H,3,6-8,11-15H2,1H3,(H2,21,22,23);1H. The van der Waals surface area contributed by atoms with E-state index in [1.807, 2.05) is 34.9 Å². The maximum atomic E-state index is 5.96. The molecule has 1 fully saturated rings. The van der Waals surface area contributed by atoms with Crippen LogP contribution in [0.15, 0.2) is 41.7 Å². The fourth-order valence-electron chi connectivity index (χ4n) is 3.33. The molecule has 1 aromatic heterocycles. The summed E-state index contributed by atoms with van der Waals surface area (Å²) in [5.41, 5.74) is 1.04. The zero-order chi connectivity index (χ0) is 18.7. The summed E-state index contributed by atoms with van der Waals surface area (Å²) in [5.74, 6) is 1.60. The molecule has 1 aromatic carbocycles. The number of nitrogens with zero attached hydrogens (tertiary/aromatic N) is 4. The van der Waals surface area contributed by atoms with Gasteiger partial charge in [0.15, 0.2) is 11.8 Å². The fourth-order valence-corrected chi connectivity index (χ4v) is 3.33. The van der Waals surface area contributed by atoms with Gasteiger partial charge in [-0.2, -0.15) is 0 Å². The van der Waals surface area contributed by atoms with Crippen molar-refractivity contribution in [3.05, 3.63) is 42.5 Å². The molecular weight excluding hydrogens is 467 g/mol. The van der Waals surface area contributed by atoms with Gasteiger partial charge in [-0.3, -0.25) is 9.56 Å². The SMILES string of the molecule is CN=C(NCCCOC1CCCCC1)NCc1nncn1-c1ccccc1.I. The topological polar surface area (TPSA) is 76.4 Å². The van der Waals surface area contributed by atoms with Crippen molar-refractivity contribution in [1.29, 1.82) is 0 Å². The number of aromatic nitrogens is 3. The van der Waals surface area contributed by atoms with Crippen molar-refractivity contribution in [2.24, 2.45) is 4.99 Å². The number of aliphatic imine (C=N–C) groups is 1. The Balaban J connectivity index is 0.00000280. The van der Waals surface area contributed by atoms with Crippen LogP contribution in [0.4, 0.5) is 0 Å². The van der Waals surface area contributed by atoms with Crippen LogP contribution in [-0.4, -0.2) is 47.0 Å². The fraction of sp³-hybridized carbons (Fsp3) is 0.550. The molecular formula is C20H31IN6O. The second kappa shape index (κ2) is 12.7. The van der Waals surface area contributed by atoms with Crippen molar-refractivity contribution in [2.75, 3.05) is 20.2 Å². The molecule has 2 aromatic rings. The summed E-state index contributed by atoms with van der Waals surface area (Å²) in [6.45, 7) is 2.18. The van der Waals surface area contributed by atoms with E-state index in [0.29, 0.717) is 12.6 Å². The first-order valence-electron chi connectivity index (χ1n) is 9.87. The van der Waals surface area contributed by atoms with Crippen LogP contribution in [0.5, 0.6) is 0 Å². The largest absolute Gasteiger partial charge is 0.378 e. The minimum Gasteiger partial charge on any atom is -0.378 e. The maximum Gasteiger partial charge on any atom is 0.191 e. The number of rotatable bonds is 8. The summed E-state index contributed by atoms with van der Waals surface area (Å²) < 4.78 is 7.93. The highest BCUT2D eigenvalue weighted by Crippen LogP contribution is 2.20. The van der Waals surface area contributed by atoms with Gasteiger partial charge in [-0.25, -0.2) is 0 Å². The van der Waals surface area contributed by atoms with Crippen LogP contribution in [0.3, 0.4) is 0 Å². The Morgan fingerprint density at radius 2 is 1.96 bits per heavy atom. The number of ether oxygens (including phenoxy) is 1. The zero-order valence-electron chi connectivity index (χ0n) is 16.5. The summed E-state index contributed by atoms with van der Waals surface area (Å²) in [6.07, 6.45) is 9.60. The first-order chi connectivity index (χ1) is 13.4. The number of para-hydroxylation sites is 1. The monoisotopic (exact) mass is 498 g/mol. The molecule has 3 rings (SSSR count). The molecule has 0 unspecified atom stereocenters. The van der Waals surface area contributed by atoms with Crippen molar-refractivity contribution >= 4 is 29.9 Å². The molecule has 0 bridgehead atoms. The van der Waals surface area contributed by atoms with Gasteiger partial charge in [-0.15, -0.1) is 34.2 Å². The van der Waals surface area contributed by atoms with Crippen LogP contribution < -0.4 is 10.6 Å². The Hall–Kier alpha value is -1.68. The number of hydrogen-bond acceptors (Lipinski definition) is 4. The van der Waals surface area contributed by atoms with Crippen molar-refractivity contribution in [3.8, 4) is 5.69 Å². The van der Waals surface area contributed by atoms with E-state index in [2.05, 4.69) is 25.8 Å². The van der Waals surface area contributed by atoms with Crippen molar-refractivity contribution in [1.82, 2.24) is 25.4 Å². The van der Waals surface area contributed by atoms with Gasteiger partial charge in [0, 0.05) is 25.9 Å². The lowest BCUT2D eigenvalue weighted by Gasteiger charge is -2.22. The lowest BCUT2D eigenvalue weighted by molar-refractivity contribution is 0.0277. The Kier molecular flexibility index (Phi) is 10.3. The molecule has 0 amide bonds. The zero-order valence-corrected chi connectivity index (χ0v) is 18.8. The third kappa shape index (κ3) is 7.05. The molecule has 0 radical (unpaired) electrons. The molecule has 1 aliphatic carbocycles. The summed E-state index contributed by atoms with van der Waals surface area (Å²) in [7, 11) is 1.77. The summed E-state index contributed by atoms with van der Waals surface area (Å²) >= 11 is 0. The minimum absolute atomic E-state index is 0. The Labute approximate surface area is 184 Å². The quantitative estimate of drug-likeness (QED) is 0.253. The molecule has 1 saturated carbocycles. The molecule has 28 heavy (non-hydrogen) atoms. The highest BCUT2D eigenvalue weighted by atomic mass is 127. The van der Waals surface area contributed by atoms with Crippen molar-refractivity contribution in [2.45, 2.75) is 51.2 Å². The summed E-state index contributed by atoms with van der Waals surface area (Å²) in [4.78, 5) is 4.27. The molecule has 0 aliphatic heterocycles. The molecule has 154 valence electrons. The first kappa shape index (κ1) is 22.6. The highest BCUT2D eigenvalue weighted by molar-refractivity contribution is 14.0.